The van der Waals surface area contributed by atoms with Crippen LogP contribution >= 0.6 is 0 Å². The lowest BCUT2D eigenvalue weighted by Gasteiger charge is -2.23. The molecular weight excluding hydrogens is 188 g/mol. The van der Waals surface area contributed by atoms with E-state index in [-0.39, 0.29) is 5.56 Å². The van der Waals surface area contributed by atoms with Crippen molar-refractivity contribution in [1.29, 1.82) is 0 Å². The molecule has 0 bridgehead atoms. The molecule has 1 heterocycles. The molecule has 1 aromatic rings. The Morgan fingerprint density at radius 3 is 2.93 bits per heavy atom. The molecule has 0 amide bonds. The van der Waals surface area contributed by atoms with Gasteiger partial charge in [0.2, 0.25) is 0 Å². The zero-order valence-electron chi connectivity index (χ0n) is 7.54. The molecule has 0 aliphatic carbocycles. The second kappa shape index (κ2) is 4.02. The monoisotopic (exact) mass is 198 g/mol. The van der Waals surface area contributed by atoms with E-state index in [1.54, 1.807) is 0 Å². The van der Waals surface area contributed by atoms with Crippen LogP contribution in [0.3, 0.4) is 0 Å². The summed E-state index contributed by atoms with van der Waals surface area (Å²) in [5.74, 6) is -1.66. The van der Waals surface area contributed by atoms with Crippen LogP contribution in [0.15, 0.2) is 18.2 Å². The zero-order chi connectivity index (χ0) is 9.97. The molecule has 4 heteroatoms. The van der Waals surface area contributed by atoms with Crippen molar-refractivity contribution in [2.24, 2.45) is 0 Å². The normalized spacial score (nSPS) is 22.3. The van der Waals surface area contributed by atoms with Gasteiger partial charge >= 0.3 is 0 Å². The number of morpholine rings is 1. The molecule has 1 aliphatic heterocycles. The van der Waals surface area contributed by atoms with Crippen LogP contribution in [0.2, 0.25) is 0 Å². The van der Waals surface area contributed by atoms with Crippen molar-refractivity contribution in [2.75, 3.05) is 19.7 Å². The van der Waals surface area contributed by atoms with Crippen LogP contribution in [0.5, 0.6) is 0 Å². The highest BCUT2D eigenvalue weighted by Crippen LogP contribution is 2.23. The average Bonchev–Trinajstić information content (AvgIpc) is 2.23. The second-order valence-electron chi connectivity index (χ2n) is 3.13. The number of benzene rings is 1. The summed E-state index contributed by atoms with van der Waals surface area (Å²) in [5, 5.41) is 4.09. The number of hydrogen-bond donors (Lipinski definition) is 0. The molecule has 1 aromatic carbocycles. The Kier molecular flexibility index (Phi) is 2.74. The smallest absolute Gasteiger partial charge is 0.164 e. The summed E-state index contributed by atoms with van der Waals surface area (Å²) >= 11 is 0. The Morgan fingerprint density at radius 1 is 1.36 bits per heavy atom. The number of rotatable bonds is 1. The molecule has 0 aromatic heterocycles. The molecule has 1 unspecified atom stereocenters. The number of hydrogen-bond acceptors (Lipinski definition) is 1. The average molecular weight is 198 g/mol. The minimum Gasteiger partial charge on any atom is -0.371 e. The molecule has 0 N–H and O–H groups in total. The Hall–Kier alpha value is -1.00. The highest BCUT2D eigenvalue weighted by molar-refractivity contribution is 5.22. The van der Waals surface area contributed by atoms with Crippen molar-refractivity contribution in [3.8, 4) is 0 Å². The summed E-state index contributed by atoms with van der Waals surface area (Å²) < 4.78 is 31.5. The number of halogens is 2. The molecule has 1 aliphatic rings. The van der Waals surface area contributed by atoms with Gasteiger partial charge < -0.3 is 4.74 Å². The van der Waals surface area contributed by atoms with Crippen LogP contribution in [0.4, 0.5) is 8.78 Å². The SMILES string of the molecule is Fc1cccc(C2C[N]CCO2)c1F. The van der Waals surface area contributed by atoms with Crippen molar-refractivity contribution in [1.82, 2.24) is 5.32 Å². The third-order valence-electron chi connectivity index (χ3n) is 2.19. The van der Waals surface area contributed by atoms with Crippen molar-refractivity contribution in [3.05, 3.63) is 35.4 Å². The summed E-state index contributed by atoms with van der Waals surface area (Å²) in [5.41, 5.74) is 0.258. The lowest BCUT2D eigenvalue weighted by Crippen LogP contribution is -2.29. The summed E-state index contributed by atoms with van der Waals surface area (Å²) in [7, 11) is 0. The first kappa shape index (κ1) is 9.55. The van der Waals surface area contributed by atoms with Gasteiger partial charge in [-0.15, -0.1) is 0 Å². The molecule has 1 fully saturated rings. The third-order valence-corrected chi connectivity index (χ3v) is 2.19. The van der Waals surface area contributed by atoms with Gasteiger partial charge in [-0.3, -0.25) is 0 Å². The van der Waals surface area contributed by atoms with Gasteiger partial charge in [0.25, 0.3) is 0 Å². The van der Waals surface area contributed by atoms with E-state index in [2.05, 4.69) is 5.32 Å². The molecule has 2 rings (SSSR count). The Bertz CT molecular complexity index is 324. The molecule has 2 nitrogen and oxygen atoms in total. The molecular formula is C10H10F2NO. The van der Waals surface area contributed by atoms with Gasteiger partial charge in [0.15, 0.2) is 11.6 Å². The largest absolute Gasteiger partial charge is 0.371 e. The third kappa shape index (κ3) is 1.76. The standard InChI is InChI=1S/C10H10F2NO/c11-8-3-1-2-7(10(8)12)9-6-13-4-5-14-9/h1-3,9H,4-6H2. The van der Waals surface area contributed by atoms with Crippen molar-refractivity contribution >= 4 is 0 Å². The Balaban J connectivity index is 2.26. The molecule has 14 heavy (non-hydrogen) atoms. The maximum atomic E-state index is 13.3. The van der Waals surface area contributed by atoms with E-state index in [0.29, 0.717) is 19.7 Å². The fourth-order valence-electron chi connectivity index (χ4n) is 1.48. The van der Waals surface area contributed by atoms with Crippen LogP contribution in [0.25, 0.3) is 0 Å². The van der Waals surface area contributed by atoms with E-state index in [1.165, 1.54) is 12.1 Å². The highest BCUT2D eigenvalue weighted by Gasteiger charge is 2.21. The van der Waals surface area contributed by atoms with Crippen LogP contribution in [0.1, 0.15) is 11.7 Å². The molecule has 1 saturated heterocycles. The van der Waals surface area contributed by atoms with E-state index >= 15 is 0 Å². The summed E-state index contributed by atoms with van der Waals surface area (Å²) in [4.78, 5) is 0. The Labute approximate surface area is 80.9 Å². The summed E-state index contributed by atoms with van der Waals surface area (Å²) in [6.45, 7) is 1.51. The van der Waals surface area contributed by atoms with E-state index < -0.39 is 17.7 Å². The molecule has 75 valence electrons. The first-order chi connectivity index (χ1) is 6.79. The molecule has 1 radical (unpaired) electrons. The van der Waals surface area contributed by atoms with E-state index in [4.69, 9.17) is 4.74 Å². The highest BCUT2D eigenvalue weighted by atomic mass is 19.2. The summed E-state index contributed by atoms with van der Waals surface area (Å²) in [6.07, 6.45) is -0.431. The van der Waals surface area contributed by atoms with Crippen LogP contribution in [-0.4, -0.2) is 19.7 Å². The van der Waals surface area contributed by atoms with Crippen LogP contribution in [-0.2, 0) is 4.74 Å². The van der Waals surface area contributed by atoms with Gasteiger partial charge in [0.05, 0.1) is 12.7 Å². The maximum Gasteiger partial charge on any atom is 0.164 e. The lowest BCUT2D eigenvalue weighted by atomic mass is 10.1. The van der Waals surface area contributed by atoms with E-state index in [1.807, 2.05) is 0 Å². The van der Waals surface area contributed by atoms with Crippen LogP contribution in [0, 0.1) is 11.6 Å². The van der Waals surface area contributed by atoms with Gasteiger partial charge in [0, 0.05) is 18.7 Å². The molecule has 0 spiro atoms. The van der Waals surface area contributed by atoms with Gasteiger partial charge in [-0.25, -0.2) is 14.1 Å². The quantitative estimate of drug-likeness (QED) is 0.672. The number of nitrogens with zero attached hydrogens (tertiary/aromatic N) is 1. The minimum absolute atomic E-state index is 0.258. The topological polar surface area (TPSA) is 23.3 Å². The van der Waals surface area contributed by atoms with E-state index in [9.17, 15) is 8.78 Å². The first-order valence-corrected chi connectivity index (χ1v) is 4.48. The van der Waals surface area contributed by atoms with Gasteiger partial charge in [-0.1, -0.05) is 12.1 Å². The fraction of sp³-hybridized carbons (Fsp3) is 0.400. The fourth-order valence-corrected chi connectivity index (χ4v) is 1.48. The maximum absolute atomic E-state index is 13.3. The minimum atomic E-state index is -0.836. The first-order valence-electron chi connectivity index (χ1n) is 4.48. The van der Waals surface area contributed by atoms with Crippen LogP contribution < -0.4 is 5.32 Å². The molecule has 0 saturated carbocycles. The Morgan fingerprint density at radius 2 is 2.21 bits per heavy atom. The summed E-state index contributed by atoms with van der Waals surface area (Å²) in [6, 6.07) is 4.11. The predicted molar refractivity (Wildman–Crippen MR) is 46.9 cm³/mol. The molecule has 1 atom stereocenters. The van der Waals surface area contributed by atoms with E-state index in [0.717, 1.165) is 6.07 Å². The van der Waals surface area contributed by atoms with Gasteiger partial charge in [-0.05, 0) is 6.07 Å². The predicted octanol–water partition coefficient (Wildman–Crippen LogP) is 1.64. The van der Waals surface area contributed by atoms with Gasteiger partial charge in [0.1, 0.15) is 0 Å². The lowest BCUT2D eigenvalue weighted by molar-refractivity contribution is 0.0235. The second-order valence-corrected chi connectivity index (χ2v) is 3.13. The number of ether oxygens (including phenoxy) is 1. The zero-order valence-corrected chi connectivity index (χ0v) is 7.54. The van der Waals surface area contributed by atoms with Crippen molar-refractivity contribution in [3.63, 3.8) is 0 Å². The van der Waals surface area contributed by atoms with Crippen molar-refractivity contribution in [2.45, 2.75) is 6.10 Å². The van der Waals surface area contributed by atoms with Crippen molar-refractivity contribution < 1.29 is 13.5 Å². The van der Waals surface area contributed by atoms with Gasteiger partial charge in [-0.2, -0.15) is 0 Å².